The van der Waals surface area contributed by atoms with Crippen molar-refractivity contribution in [1.29, 1.82) is 0 Å². The zero-order valence-corrected chi connectivity index (χ0v) is 45.0. The van der Waals surface area contributed by atoms with Crippen LogP contribution in [0, 0.1) is 0 Å². The van der Waals surface area contributed by atoms with Crippen molar-refractivity contribution in [2.45, 2.75) is 294 Å². The molecule has 0 spiro atoms. The van der Waals surface area contributed by atoms with Gasteiger partial charge in [-0.25, -0.2) is 0 Å². The first-order valence-electron chi connectivity index (χ1n) is 29.2. The highest BCUT2D eigenvalue weighted by molar-refractivity contribution is 5.76. The SMILES string of the molecule is CC/C=C\C/C=C\C/C=C\C/C=C\C/C=C\CCCCCCCCCCCCCCCCCCCCCC(=O)NC(COC1OC(CO)C(O)C(O)C1O)C(O)/C=C/CCCCCCCCCCCC. The Morgan fingerprint density at radius 3 is 1.31 bits per heavy atom. The Hall–Kier alpha value is -2.37. The molecule has 1 saturated heterocycles. The van der Waals surface area contributed by atoms with Gasteiger partial charge in [-0.3, -0.25) is 4.79 Å². The Morgan fingerprint density at radius 2 is 0.886 bits per heavy atom. The van der Waals surface area contributed by atoms with Crippen molar-refractivity contribution in [3.05, 3.63) is 72.9 Å². The maximum Gasteiger partial charge on any atom is 0.220 e. The van der Waals surface area contributed by atoms with Gasteiger partial charge in [0, 0.05) is 6.42 Å². The third-order valence-corrected chi connectivity index (χ3v) is 13.5. The molecular formula is C61H109NO8. The number of unbranched alkanes of at least 4 members (excludes halogenated alkanes) is 29. The topological polar surface area (TPSA) is 149 Å². The van der Waals surface area contributed by atoms with Gasteiger partial charge >= 0.3 is 0 Å². The summed E-state index contributed by atoms with van der Waals surface area (Å²) >= 11 is 0. The van der Waals surface area contributed by atoms with Crippen LogP contribution in [0.2, 0.25) is 0 Å². The molecule has 0 radical (unpaired) electrons. The summed E-state index contributed by atoms with van der Waals surface area (Å²) in [5, 5.41) is 54.4. The fraction of sp³-hybridized carbons (Fsp3) is 0.787. The fourth-order valence-corrected chi connectivity index (χ4v) is 8.95. The molecule has 0 bridgehead atoms. The zero-order chi connectivity index (χ0) is 50.8. The quantitative estimate of drug-likeness (QED) is 0.0261. The minimum absolute atomic E-state index is 0.177. The lowest BCUT2D eigenvalue weighted by molar-refractivity contribution is -0.302. The minimum Gasteiger partial charge on any atom is -0.394 e. The van der Waals surface area contributed by atoms with Gasteiger partial charge in [-0.1, -0.05) is 254 Å². The van der Waals surface area contributed by atoms with Gasteiger partial charge in [-0.2, -0.15) is 0 Å². The highest BCUT2D eigenvalue weighted by Crippen LogP contribution is 2.23. The number of hydrogen-bond donors (Lipinski definition) is 6. The van der Waals surface area contributed by atoms with Crippen molar-refractivity contribution in [3.63, 3.8) is 0 Å². The molecule has 6 N–H and O–H groups in total. The number of nitrogens with one attached hydrogen (secondary N) is 1. The van der Waals surface area contributed by atoms with Crippen LogP contribution < -0.4 is 5.32 Å². The number of aliphatic hydroxyl groups excluding tert-OH is 5. The second-order valence-corrected chi connectivity index (χ2v) is 20.1. The van der Waals surface area contributed by atoms with Crippen molar-refractivity contribution >= 4 is 5.91 Å². The van der Waals surface area contributed by atoms with Gasteiger partial charge in [0.1, 0.15) is 24.4 Å². The summed E-state index contributed by atoms with van der Waals surface area (Å²) in [4.78, 5) is 13.0. The summed E-state index contributed by atoms with van der Waals surface area (Å²) in [6, 6.07) is -0.805. The first-order chi connectivity index (χ1) is 34.3. The molecule has 0 aromatic carbocycles. The summed E-state index contributed by atoms with van der Waals surface area (Å²) in [6.45, 7) is 3.66. The van der Waals surface area contributed by atoms with Gasteiger partial charge in [0.2, 0.25) is 5.91 Å². The lowest BCUT2D eigenvalue weighted by Gasteiger charge is -2.40. The molecule has 0 aliphatic carbocycles. The van der Waals surface area contributed by atoms with E-state index in [1.807, 2.05) is 6.08 Å². The summed E-state index contributed by atoms with van der Waals surface area (Å²) in [5.74, 6) is -0.177. The number of ether oxygens (including phenoxy) is 2. The van der Waals surface area contributed by atoms with Crippen LogP contribution in [0.1, 0.15) is 251 Å². The van der Waals surface area contributed by atoms with E-state index in [-0.39, 0.29) is 12.5 Å². The maximum atomic E-state index is 13.0. The van der Waals surface area contributed by atoms with Crippen molar-refractivity contribution in [2.75, 3.05) is 13.2 Å². The van der Waals surface area contributed by atoms with Crippen LogP contribution >= 0.6 is 0 Å². The van der Waals surface area contributed by atoms with Crippen molar-refractivity contribution < 1.29 is 39.8 Å². The van der Waals surface area contributed by atoms with Gasteiger partial charge in [0.25, 0.3) is 0 Å². The molecule has 1 fully saturated rings. The lowest BCUT2D eigenvalue weighted by Crippen LogP contribution is -2.60. The molecule has 0 saturated carbocycles. The number of allylic oxidation sites excluding steroid dienone is 11. The largest absolute Gasteiger partial charge is 0.394 e. The van der Waals surface area contributed by atoms with Crippen LogP contribution in [-0.4, -0.2) is 87.5 Å². The maximum absolute atomic E-state index is 13.0. The number of carbonyl (C=O) groups excluding carboxylic acids is 1. The average molecular weight is 985 g/mol. The van der Waals surface area contributed by atoms with Crippen LogP contribution in [0.5, 0.6) is 0 Å². The highest BCUT2D eigenvalue weighted by atomic mass is 16.7. The molecule has 0 aromatic rings. The molecule has 1 heterocycles. The monoisotopic (exact) mass is 984 g/mol. The number of carbonyl (C=O) groups is 1. The van der Waals surface area contributed by atoms with Crippen LogP contribution in [0.3, 0.4) is 0 Å². The van der Waals surface area contributed by atoms with E-state index in [0.29, 0.717) is 6.42 Å². The molecular weight excluding hydrogens is 875 g/mol. The minimum atomic E-state index is -1.57. The number of amides is 1. The van der Waals surface area contributed by atoms with Crippen LogP contribution in [0.4, 0.5) is 0 Å². The fourth-order valence-electron chi connectivity index (χ4n) is 8.95. The molecule has 7 atom stereocenters. The van der Waals surface area contributed by atoms with E-state index in [2.05, 4.69) is 79.9 Å². The third kappa shape index (κ3) is 39.2. The second kappa shape index (κ2) is 50.2. The summed E-state index contributed by atoms with van der Waals surface area (Å²) < 4.78 is 11.2. The van der Waals surface area contributed by atoms with E-state index in [4.69, 9.17) is 9.47 Å². The standard InChI is InChI=1S/C61H109NO8/c1-3-5-7-9-11-13-15-17-18-19-20-21-22-23-24-25-26-27-28-29-30-31-32-33-34-35-36-37-38-39-41-43-45-47-49-51-57(65)62-54(53-69-61-60(68)59(67)58(66)56(52-63)70-61)55(64)50-48-46-44-42-40-16-14-12-10-8-6-4-2/h5,7,11,13,17-18,20-21,23-24,48,50,54-56,58-61,63-64,66-68H,3-4,6,8-10,12,14-16,19,22,25-47,49,51-53H2,1-2H3,(H,62,65)/b7-5-,13-11-,18-17-,21-20-,24-23-,50-48+. The molecule has 406 valence electrons. The number of rotatable bonds is 49. The molecule has 1 amide bonds. The average Bonchev–Trinajstić information content (AvgIpc) is 3.36. The molecule has 1 rings (SSSR count). The normalized spacial score (nSPS) is 19.9. The van der Waals surface area contributed by atoms with Crippen molar-refractivity contribution in [3.8, 4) is 0 Å². The first kappa shape index (κ1) is 65.6. The number of hydrogen-bond acceptors (Lipinski definition) is 8. The molecule has 7 unspecified atom stereocenters. The number of aliphatic hydroxyl groups is 5. The smallest absolute Gasteiger partial charge is 0.220 e. The van der Waals surface area contributed by atoms with Gasteiger partial charge in [0.15, 0.2) is 6.29 Å². The Morgan fingerprint density at radius 1 is 0.500 bits per heavy atom. The third-order valence-electron chi connectivity index (χ3n) is 13.5. The molecule has 9 nitrogen and oxygen atoms in total. The molecule has 9 heteroatoms. The van der Waals surface area contributed by atoms with Gasteiger partial charge < -0.3 is 40.3 Å². The van der Waals surface area contributed by atoms with Crippen molar-refractivity contribution in [1.82, 2.24) is 5.32 Å². The summed E-state index contributed by atoms with van der Waals surface area (Å²) in [6.07, 6.45) is 62.7. The molecule has 1 aliphatic rings. The van der Waals surface area contributed by atoms with E-state index in [1.54, 1.807) is 6.08 Å². The predicted molar refractivity (Wildman–Crippen MR) is 295 cm³/mol. The van der Waals surface area contributed by atoms with Crippen molar-refractivity contribution in [2.24, 2.45) is 0 Å². The Labute approximate surface area is 429 Å². The van der Waals surface area contributed by atoms with Crippen LogP contribution in [-0.2, 0) is 14.3 Å². The van der Waals surface area contributed by atoms with E-state index in [1.165, 1.54) is 161 Å². The van der Waals surface area contributed by atoms with E-state index >= 15 is 0 Å². The lowest BCUT2D eigenvalue weighted by atomic mass is 9.99. The highest BCUT2D eigenvalue weighted by Gasteiger charge is 2.44. The van der Waals surface area contributed by atoms with Gasteiger partial charge in [0.05, 0.1) is 25.4 Å². The van der Waals surface area contributed by atoms with Crippen LogP contribution in [0.15, 0.2) is 72.9 Å². The Balaban J connectivity index is 2.09. The van der Waals surface area contributed by atoms with Crippen LogP contribution in [0.25, 0.3) is 0 Å². The van der Waals surface area contributed by atoms with Gasteiger partial charge in [-0.05, 0) is 64.2 Å². The molecule has 1 aliphatic heterocycles. The Kier molecular flexibility index (Phi) is 47.1. The second-order valence-electron chi connectivity index (χ2n) is 20.1. The Bertz CT molecular complexity index is 1330. The van der Waals surface area contributed by atoms with Gasteiger partial charge in [-0.15, -0.1) is 0 Å². The first-order valence-corrected chi connectivity index (χ1v) is 29.2. The zero-order valence-electron chi connectivity index (χ0n) is 45.0. The summed E-state index contributed by atoms with van der Waals surface area (Å²) in [7, 11) is 0. The molecule has 0 aromatic heterocycles. The van der Waals surface area contributed by atoms with E-state index < -0.39 is 49.5 Å². The van der Waals surface area contributed by atoms with E-state index in [9.17, 15) is 30.3 Å². The van der Waals surface area contributed by atoms with E-state index in [0.717, 1.165) is 70.6 Å². The molecule has 70 heavy (non-hydrogen) atoms. The summed E-state index contributed by atoms with van der Waals surface area (Å²) in [5.41, 5.74) is 0. The predicted octanol–water partition coefficient (Wildman–Crippen LogP) is 14.5.